The third kappa shape index (κ3) is 4.83. The summed E-state index contributed by atoms with van der Waals surface area (Å²) in [7, 11) is 1.29. The summed E-state index contributed by atoms with van der Waals surface area (Å²) in [5.41, 5.74) is 0. The lowest BCUT2D eigenvalue weighted by molar-refractivity contribution is -0.146. The maximum atomic E-state index is 12.0. The van der Waals surface area contributed by atoms with Crippen LogP contribution in [0.1, 0.15) is 39.5 Å². The molecule has 6 heteroatoms. The van der Waals surface area contributed by atoms with Gasteiger partial charge in [-0.15, -0.1) is 0 Å². The number of carbonyl (C=O) groups is 3. The third-order valence-electron chi connectivity index (χ3n) is 3.44. The molecule has 0 aromatic heterocycles. The fourth-order valence-corrected chi connectivity index (χ4v) is 2.22. The van der Waals surface area contributed by atoms with E-state index < -0.39 is 12.0 Å². The lowest BCUT2D eigenvalue weighted by atomic mass is 10.0. The first-order valence-corrected chi connectivity index (χ1v) is 7.10. The molecular weight excluding hydrogens is 260 g/mol. The topological polar surface area (TPSA) is 75.7 Å². The van der Waals surface area contributed by atoms with Crippen molar-refractivity contribution in [1.82, 2.24) is 10.2 Å². The summed E-state index contributed by atoms with van der Waals surface area (Å²) in [5.74, 6) is -0.831. The van der Waals surface area contributed by atoms with Gasteiger partial charge in [-0.3, -0.25) is 9.59 Å². The summed E-state index contributed by atoms with van der Waals surface area (Å²) >= 11 is 0. The summed E-state index contributed by atoms with van der Waals surface area (Å²) in [6.45, 7) is 4.29. The molecule has 1 heterocycles. The van der Waals surface area contributed by atoms with Gasteiger partial charge in [-0.05, 0) is 18.8 Å². The minimum Gasteiger partial charge on any atom is -0.467 e. The molecule has 1 aliphatic rings. The van der Waals surface area contributed by atoms with Crippen molar-refractivity contribution in [3.63, 3.8) is 0 Å². The van der Waals surface area contributed by atoms with Crippen LogP contribution in [0.25, 0.3) is 0 Å². The quantitative estimate of drug-likeness (QED) is 0.754. The smallest absolute Gasteiger partial charge is 0.328 e. The van der Waals surface area contributed by atoms with Crippen molar-refractivity contribution in [1.29, 1.82) is 0 Å². The number of amides is 2. The van der Waals surface area contributed by atoms with Crippen molar-refractivity contribution < 1.29 is 19.1 Å². The van der Waals surface area contributed by atoms with Crippen LogP contribution in [-0.4, -0.2) is 48.9 Å². The Morgan fingerprint density at radius 1 is 1.30 bits per heavy atom. The largest absolute Gasteiger partial charge is 0.467 e. The van der Waals surface area contributed by atoms with E-state index >= 15 is 0 Å². The van der Waals surface area contributed by atoms with Gasteiger partial charge in [0.2, 0.25) is 11.8 Å². The molecule has 1 aliphatic heterocycles. The van der Waals surface area contributed by atoms with E-state index in [1.54, 1.807) is 4.90 Å². The standard InChI is InChI=1S/C14H24N2O4/c1-10(2)13(14(19)20-3)15-11(17)9-16-8-6-4-5-7-12(16)18/h10,13H,4-9H2,1-3H3,(H,15,17). The first kappa shape index (κ1) is 16.5. The van der Waals surface area contributed by atoms with Crippen LogP contribution in [0, 0.1) is 5.92 Å². The molecule has 1 unspecified atom stereocenters. The number of likely N-dealkylation sites (tertiary alicyclic amines) is 1. The molecule has 0 aromatic carbocycles. The van der Waals surface area contributed by atoms with Crippen LogP contribution in [0.5, 0.6) is 0 Å². The lowest BCUT2D eigenvalue weighted by Gasteiger charge is -2.23. The van der Waals surface area contributed by atoms with Gasteiger partial charge >= 0.3 is 5.97 Å². The Morgan fingerprint density at radius 2 is 2.00 bits per heavy atom. The zero-order chi connectivity index (χ0) is 15.1. The molecular formula is C14H24N2O4. The van der Waals surface area contributed by atoms with Crippen LogP contribution in [0.15, 0.2) is 0 Å². The van der Waals surface area contributed by atoms with Gasteiger partial charge in [-0.1, -0.05) is 20.3 Å². The molecule has 2 amide bonds. The van der Waals surface area contributed by atoms with Crippen LogP contribution in [0.3, 0.4) is 0 Å². The average Bonchev–Trinajstić information content (AvgIpc) is 2.60. The Hall–Kier alpha value is -1.59. The van der Waals surface area contributed by atoms with Crippen molar-refractivity contribution in [2.45, 2.75) is 45.6 Å². The molecule has 0 saturated carbocycles. The molecule has 1 atom stereocenters. The van der Waals surface area contributed by atoms with Crippen molar-refractivity contribution >= 4 is 17.8 Å². The average molecular weight is 284 g/mol. The highest BCUT2D eigenvalue weighted by atomic mass is 16.5. The molecule has 0 aliphatic carbocycles. The maximum Gasteiger partial charge on any atom is 0.328 e. The summed E-state index contributed by atoms with van der Waals surface area (Å²) in [6, 6.07) is -0.672. The van der Waals surface area contributed by atoms with E-state index in [0.29, 0.717) is 13.0 Å². The highest BCUT2D eigenvalue weighted by molar-refractivity contribution is 5.88. The van der Waals surface area contributed by atoms with E-state index in [-0.39, 0.29) is 24.3 Å². The van der Waals surface area contributed by atoms with E-state index in [1.165, 1.54) is 7.11 Å². The Balaban J connectivity index is 2.56. The van der Waals surface area contributed by atoms with E-state index in [9.17, 15) is 14.4 Å². The summed E-state index contributed by atoms with van der Waals surface area (Å²) in [5, 5.41) is 2.65. The molecule has 0 bridgehead atoms. The van der Waals surface area contributed by atoms with Gasteiger partial charge in [0.25, 0.3) is 0 Å². The molecule has 1 fully saturated rings. The normalized spacial score (nSPS) is 17.6. The van der Waals surface area contributed by atoms with Gasteiger partial charge in [0, 0.05) is 13.0 Å². The minimum atomic E-state index is -0.672. The summed E-state index contributed by atoms with van der Waals surface area (Å²) in [4.78, 5) is 37.0. The van der Waals surface area contributed by atoms with Crippen LogP contribution >= 0.6 is 0 Å². The molecule has 1 rings (SSSR count). The predicted octanol–water partition coefficient (Wildman–Crippen LogP) is 0.703. The highest BCUT2D eigenvalue weighted by Crippen LogP contribution is 2.11. The SMILES string of the molecule is COC(=O)C(NC(=O)CN1CCCCCC1=O)C(C)C. The highest BCUT2D eigenvalue weighted by Gasteiger charge is 2.26. The van der Waals surface area contributed by atoms with Crippen molar-refractivity contribution in [2.75, 3.05) is 20.2 Å². The molecule has 1 N–H and O–H groups in total. The number of esters is 1. The second kappa shape index (κ2) is 7.87. The van der Waals surface area contributed by atoms with Gasteiger partial charge in [-0.2, -0.15) is 0 Å². The first-order valence-electron chi connectivity index (χ1n) is 7.10. The van der Waals surface area contributed by atoms with Gasteiger partial charge < -0.3 is 15.0 Å². The molecule has 6 nitrogen and oxygen atoms in total. The third-order valence-corrected chi connectivity index (χ3v) is 3.44. The minimum absolute atomic E-state index is 0.0109. The zero-order valence-corrected chi connectivity index (χ0v) is 12.5. The van der Waals surface area contributed by atoms with Gasteiger partial charge in [-0.25, -0.2) is 4.79 Å². The second-order valence-corrected chi connectivity index (χ2v) is 5.44. The van der Waals surface area contributed by atoms with E-state index in [4.69, 9.17) is 0 Å². The molecule has 114 valence electrons. The van der Waals surface area contributed by atoms with Crippen molar-refractivity contribution in [2.24, 2.45) is 5.92 Å². The van der Waals surface area contributed by atoms with Crippen molar-refractivity contribution in [3.8, 4) is 0 Å². The zero-order valence-electron chi connectivity index (χ0n) is 12.5. The Morgan fingerprint density at radius 3 is 2.60 bits per heavy atom. The predicted molar refractivity (Wildman–Crippen MR) is 73.8 cm³/mol. The number of rotatable bonds is 5. The number of hydrogen-bond donors (Lipinski definition) is 1. The van der Waals surface area contributed by atoms with Gasteiger partial charge in [0.05, 0.1) is 13.7 Å². The van der Waals surface area contributed by atoms with E-state index in [0.717, 1.165) is 19.3 Å². The fraction of sp³-hybridized carbons (Fsp3) is 0.786. The molecule has 20 heavy (non-hydrogen) atoms. The summed E-state index contributed by atoms with van der Waals surface area (Å²) < 4.78 is 4.67. The van der Waals surface area contributed by atoms with Gasteiger partial charge in [0.15, 0.2) is 0 Å². The number of nitrogens with zero attached hydrogens (tertiary/aromatic N) is 1. The lowest BCUT2D eigenvalue weighted by Crippen LogP contribution is -2.49. The maximum absolute atomic E-state index is 12.0. The van der Waals surface area contributed by atoms with Crippen LogP contribution in [0.2, 0.25) is 0 Å². The Kier molecular flexibility index (Phi) is 6.48. The van der Waals surface area contributed by atoms with E-state index in [2.05, 4.69) is 10.1 Å². The Bertz CT molecular complexity index is 368. The number of nitrogens with one attached hydrogen (secondary N) is 1. The van der Waals surface area contributed by atoms with Crippen LogP contribution < -0.4 is 5.32 Å². The fourth-order valence-electron chi connectivity index (χ4n) is 2.22. The Labute approximate surface area is 119 Å². The number of carbonyl (C=O) groups excluding carboxylic acids is 3. The molecule has 1 saturated heterocycles. The van der Waals surface area contributed by atoms with Crippen LogP contribution in [-0.2, 0) is 19.1 Å². The van der Waals surface area contributed by atoms with Crippen molar-refractivity contribution in [3.05, 3.63) is 0 Å². The molecule has 0 radical (unpaired) electrons. The first-order chi connectivity index (χ1) is 9.45. The monoisotopic (exact) mass is 284 g/mol. The second-order valence-electron chi connectivity index (χ2n) is 5.44. The number of ether oxygens (including phenoxy) is 1. The number of hydrogen-bond acceptors (Lipinski definition) is 4. The molecule has 0 aromatic rings. The van der Waals surface area contributed by atoms with Gasteiger partial charge in [0.1, 0.15) is 6.04 Å². The summed E-state index contributed by atoms with van der Waals surface area (Å²) in [6.07, 6.45) is 3.32. The van der Waals surface area contributed by atoms with E-state index in [1.807, 2.05) is 13.8 Å². The van der Waals surface area contributed by atoms with Crippen LogP contribution in [0.4, 0.5) is 0 Å². The number of methoxy groups -OCH3 is 1. The molecule has 0 spiro atoms.